The van der Waals surface area contributed by atoms with E-state index in [2.05, 4.69) is 93.0 Å². The molecule has 3 fully saturated rings. The lowest BCUT2D eigenvalue weighted by molar-refractivity contribution is -0.665. The molecule has 0 spiro atoms. The van der Waals surface area contributed by atoms with Crippen LogP contribution in [0.5, 0.6) is 0 Å². The fourth-order valence-electron chi connectivity index (χ4n) is 6.74. The zero-order chi connectivity index (χ0) is 24.3. The molecule has 2 bridgehead atoms. The molecule has 1 atom stereocenters. The molecule has 3 aromatic carbocycles. The minimum atomic E-state index is 0.669. The lowest BCUT2D eigenvalue weighted by atomic mass is 9.63. The van der Waals surface area contributed by atoms with Crippen molar-refractivity contribution >= 4 is 10.8 Å². The van der Waals surface area contributed by atoms with Gasteiger partial charge in [-0.15, -0.1) is 0 Å². The topological polar surface area (TPSA) is 3.88 Å². The van der Waals surface area contributed by atoms with Gasteiger partial charge in [-0.05, 0) is 96.2 Å². The van der Waals surface area contributed by atoms with Gasteiger partial charge in [-0.2, -0.15) is 4.57 Å². The van der Waals surface area contributed by atoms with Crippen LogP contribution in [0, 0.1) is 32.6 Å². The zero-order valence-electron chi connectivity index (χ0n) is 22.0. The van der Waals surface area contributed by atoms with Crippen LogP contribution in [0.25, 0.3) is 33.2 Å². The van der Waals surface area contributed by atoms with Crippen LogP contribution in [-0.4, -0.2) is 0 Å². The van der Waals surface area contributed by atoms with Gasteiger partial charge in [-0.1, -0.05) is 61.4 Å². The zero-order valence-corrected chi connectivity index (χ0v) is 21.0. The number of nitrogens with zero attached hydrogens (tertiary/aromatic N) is 1. The van der Waals surface area contributed by atoms with Gasteiger partial charge in [0.25, 0.3) is 0 Å². The Labute approximate surface area is 205 Å². The van der Waals surface area contributed by atoms with Crippen LogP contribution in [0.3, 0.4) is 0 Å². The van der Waals surface area contributed by atoms with Crippen LogP contribution in [0.2, 0.25) is 0 Å². The Kier molecular flexibility index (Phi) is 5.04. The molecule has 0 aliphatic heterocycles. The summed E-state index contributed by atoms with van der Waals surface area (Å²) in [7, 11) is 2.13. The molecule has 0 N–H and O–H groups in total. The minimum absolute atomic E-state index is 0.669. The molecule has 7 rings (SSSR count). The van der Waals surface area contributed by atoms with Crippen molar-refractivity contribution in [2.45, 2.75) is 58.8 Å². The van der Waals surface area contributed by atoms with Gasteiger partial charge in [-0.3, -0.25) is 0 Å². The van der Waals surface area contributed by atoms with E-state index in [1.54, 1.807) is 0 Å². The molecule has 1 heterocycles. The molecule has 1 aromatic heterocycles. The fourth-order valence-corrected chi connectivity index (χ4v) is 6.74. The molecule has 3 saturated carbocycles. The highest BCUT2D eigenvalue weighted by molar-refractivity contribution is 5.95. The van der Waals surface area contributed by atoms with Gasteiger partial charge >= 0.3 is 0 Å². The second-order valence-electron chi connectivity index (χ2n) is 10.9. The van der Waals surface area contributed by atoms with Crippen molar-refractivity contribution in [2.24, 2.45) is 18.9 Å². The van der Waals surface area contributed by atoms with Crippen molar-refractivity contribution in [1.29, 1.82) is 0 Å². The first-order valence-corrected chi connectivity index (χ1v) is 13.0. The highest BCUT2D eigenvalue weighted by Gasteiger charge is 2.36. The molecule has 0 saturated heterocycles. The molecule has 1 nitrogen and oxygen atoms in total. The first-order chi connectivity index (χ1) is 16.9. The molecular weight excluding hydrogens is 410 g/mol. The van der Waals surface area contributed by atoms with Gasteiger partial charge in [0.2, 0.25) is 5.69 Å². The van der Waals surface area contributed by atoms with E-state index in [0.717, 1.165) is 22.9 Å². The SMILES string of the molecule is [2H]c1c(C)[n+](C)c(-c2cc(-c3ccccc3)cc(C)c2C)c2ccc(C3CC4CCC3CC4)cc12. The van der Waals surface area contributed by atoms with Crippen LogP contribution >= 0.6 is 0 Å². The molecular formula is C33H36N+. The standard InChI is InChI=1S/C33H36N/c1-21-16-28(25-8-6-5-7-9-25)20-31(23(21)3)33-30-15-14-27(19-29(30)17-22(2)34(33)4)32-18-24-10-12-26(32)13-11-24/h5-9,14-17,19-20,24,26,32H,10-13,18H2,1-4H3/q+1/i17D. The second kappa shape index (κ2) is 8.38. The number of hydrogen-bond acceptors (Lipinski definition) is 0. The van der Waals surface area contributed by atoms with E-state index in [-0.39, 0.29) is 0 Å². The van der Waals surface area contributed by atoms with E-state index in [0.29, 0.717) is 12.0 Å². The van der Waals surface area contributed by atoms with Crippen LogP contribution in [0.15, 0.2) is 66.7 Å². The van der Waals surface area contributed by atoms with Gasteiger partial charge in [-0.25, -0.2) is 0 Å². The summed E-state index contributed by atoms with van der Waals surface area (Å²) in [6.45, 7) is 6.56. The molecule has 172 valence electrons. The van der Waals surface area contributed by atoms with E-state index in [1.807, 2.05) is 0 Å². The highest BCUT2D eigenvalue weighted by atomic mass is 14.9. The van der Waals surface area contributed by atoms with Crippen molar-refractivity contribution in [2.75, 3.05) is 0 Å². The number of rotatable bonds is 3. The van der Waals surface area contributed by atoms with Gasteiger partial charge in [0.15, 0.2) is 5.69 Å². The monoisotopic (exact) mass is 447 g/mol. The average Bonchev–Trinajstić information content (AvgIpc) is 2.90. The third-order valence-electron chi connectivity index (χ3n) is 8.96. The van der Waals surface area contributed by atoms with E-state index < -0.39 is 0 Å². The number of benzene rings is 3. The Bertz CT molecular complexity index is 1430. The van der Waals surface area contributed by atoms with Gasteiger partial charge in [0, 0.05) is 13.0 Å². The Balaban J connectivity index is 1.56. The predicted octanol–water partition coefficient (Wildman–Crippen LogP) is 8.22. The van der Waals surface area contributed by atoms with Gasteiger partial charge in [0.1, 0.15) is 7.05 Å². The van der Waals surface area contributed by atoms with E-state index in [4.69, 9.17) is 1.37 Å². The Morgan fingerprint density at radius 1 is 0.853 bits per heavy atom. The molecule has 0 radical (unpaired) electrons. The summed E-state index contributed by atoms with van der Waals surface area (Å²) in [6.07, 6.45) is 6.97. The molecule has 1 heteroatoms. The quantitative estimate of drug-likeness (QED) is 0.279. The van der Waals surface area contributed by atoms with Gasteiger partial charge in [0.05, 0.1) is 12.3 Å². The summed E-state index contributed by atoms with van der Waals surface area (Å²) in [6, 6.07) is 23.1. The number of aromatic nitrogens is 1. The van der Waals surface area contributed by atoms with E-state index >= 15 is 0 Å². The van der Waals surface area contributed by atoms with Crippen LogP contribution in [-0.2, 0) is 7.05 Å². The van der Waals surface area contributed by atoms with Crippen LogP contribution < -0.4 is 4.57 Å². The molecule has 4 aromatic rings. The largest absolute Gasteiger partial charge is 0.220 e. The summed E-state index contributed by atoms with van der Waals surface area (Å²) >= 11 is 0. The van der Waals surface area contributed by atoms with Crippen LogP contribution in [0.4, 0.5) is 0 Å². The third-order valence-corrected chi connectivity index (χ3v) is 8.96. The van der Waals surface area contributed by atoms with Crippen molar-refractivity contribution < 1.29 is 5.94 Å². The smallest absolute Gasteiger partial charge is 0.198 e. The Hall–Kier alpha value is -2.93. The van der Waals surface area contributed by atoms with Crippen molar-refractivity contribution in [3.8, 4) is 22.4 Å². The number of hydrogen-bond donors (Lipinski definition) is 0. The Morgan fingerprint density at radius 3 is 2.32 bits per heavy atom. The third kappa shape index (κ3) is 3.57. The highest BCUT2D eigenvalue weighted by Crippen LogP contribution is 2.50. The van der Waals surface area contributed by atoms with Crippen molar-refractivity contribution in [3.63, 3.8) is 0 Å². The molecule has 3 aliphatic rings. The molecule has 3 aliphatic carbocycles. The maximum absolute atomic E-state index is 9.05. The summed E-state index contributed by atoms with van der Waals surface area (Å²) < 4.78 is 11.3. The first-order valence-electron chi connectivity index (χ1n) is 13.5. The number of pyridine rings is 1. The summed E-state index contributed by atoms with van der Waals surface area (Å²) in [5.74, 6) is 2.42. The molecule has 0 amide bonds. The maximum Gasteiger partial charge on any atom is 0.220 e. The fraction of sp³-hybridized carbons (Fsp3) is 0.364. The van der Waals surface area contributed by atoms with Crippen molar-refractivity contribution in [3.05, 3.63) is 89.1 Å². The Morgan fingerprint density at radius 2 is 1.62 bits per heavy atom. The normalized spacial score (nSPS) is 22.2. The van der Waals surface area contributed by atoms with E-state index in [1.165, 1.54) is 76.6 Å². The average molecular weight is 448 g/mol. The lowest BCUT2D eigenvalue weighted by Crippen LogP contribution is -2.35. The maximum atomic E-state index is 9.05. The first kappa shape index (κ1) is 20.4. The number of aryl methyl sites for hydroxylation is 1. The van der Waals surface area contributed by atoms with Crippen molar-refractivity contribution in [1.82, 2.24) is 0 Å². The minimum Gasteiger partial charge on any atom is -0.198 e. The predicted molar refractivity (Wildman–Crippen MR) is 143 cm³/mol. The summed E-state index contributed by atoms with van der Waals surface area (Å²) in [4.78, 5) is 0. The molecule has 34 heavy (non-hydrogen) atoms. The second-order valence-corrected chi connectivity index (χ2v) is 10.9. The van der Waals surface area contributed by atoms with E-state index in [9.17, 15) is 0 Å². The summed E-state index contributed by atoms with van der Waals surface area (Å²) in [5.41, 5.74) is 10.1. The van der Waals surface area contributed by atoms with Gasteiger partial charge < -0.3 is 0 Å². The summed E-state index contributed by atoms with van der Waals surface area (Å²) in [5, 5.41) is 2.30. The van der Waals surface area contributed by atoms with Crippen LogP contribution in [0.1, 0.15) is 61.8 Å². The lowest BCUT2D eigenvalue weighted by Gasteiger charge is -2.42. The number of fused-ring (bicyclic) bond motifs is 4. The molecule has 1 unspecified atom stereocenters.